The number of rotatable bonds is 6. The summed E-state index contributed by atoms with van der Waals surface area (Å²) in [5, 5.41) is 10.5. The van der Waals surface area contributed by atoms with Crippen LogP contribution in [0.1, 0.15) is 28.4 Å². The van der Waals surface area contributed by atoms with E-state index < -0.39 is 12.0 Å². The Labute approximate surface area is 137 Å². The van der Waals surface area contributed by atoms with Gasteiger partial charge in [-0.2, -0.15) is 0 Å². The maximum absolute atomic E-state index is 13.0. The van der Waals surface area contributed by atoms with Crippen molar-refractivity contribution < 1.29 is 14.3 Å². The standard InChI is InChI=1S/C17H16FIO2/c18-14-8-6-13(7-9-14)17(21)15(10-11-19)16(20)12-4-2-1-3-5-12/h1-9,15-16,20H,10-11H2/t15-,16-/m0/s1. The maximum Gasteiger partial charge on any atom is 0.168 e. The van der Waals surface area contributed by atoms with Crippen molar-refractivity contribution in [3.05, 3.63) is 71.5 Å². The smallest absolute Gasteiger partial charge is 0.168 e. The first-order valence-corrected chi connectivity index (χ1v) is 8.25. The van der Waals surface area contributed by atoms with Gasteiger partial charge in [0.15, 0.2) is 5.78 Å². The SMILES string of the molecule is O=C(c1ccc(F)cc1)[C@@H](CCI)[C@@H](O)c1ccccc1. The van der Waals surface area contributed by atoms with Gasteiger partial charge in [-0.15, -0.1) is 0 Å². The average Bonchev–Trinajstić information content (AvgIpc) is 2.53. The van der Waals surface area contributed by atoms with Crippen LogP contribution < -0.4 is 0 Å². The topological polar surface area (TPSA) is 37.3 Å². The maximum atomic E-state index is 13.0. The van der Waals surface area contributed by atoms with Crippen LogP contribution in [0, 0.1) is 11.7 Å². The van der Waals surface area contributed by atoms with E-state index in [4.69, 9.17) is 0 Å². The Kier molecular flexibility index (Phi) is 5.87. The summed E-state index contributed by atoms with van der Waals surface area (Å²) < 4.78 is 13.7. The summed E-state index contributed by atoms with van der Waals surface area (Å²) in [5.41, 5.74) is 1.16. The summed E-state index contributed by atoms with van der Waals surface area (Å²) in [6, 6.07) is 14.6. The molecule has 0 aromatic heterocycles. The van der Waals surface area contributed by atoms with Crippen LogP contribution in [-0.2, 0) is 0 Å². The van der Waals surface area contributed by atoms with Gasteiger partial charge in [-0.1, -0.05) is 52.9 Å². The van der Waals surface area contributed by atoms with Crippen LogP contribution in [0.2, 0.25) is 0 Å². The molecule has 0 bridgehead atoms. The molecule has 1 N–H and O–H groups in total. The van der Waals surface area contributed by atoms with E-state index in [0.717, 1.165) is 9.99 Å². The zero-order valence-corrected chi connectivity index (χ0v) is 13.5. The van der Waals surface area contributed by atoms with Gasteiger partial charge in [-0.25, -0.2) is 4.39 Å². The highest BCUT2D eigenvalue weighted by Crippen LogP contribution is 2.28. The molecule has 2 rings (SSSR count). The first-order valence-electron chi connectivity index (χ1n) is 6.72. The highest BCUT2D eigenvalue weighted by Gasteiger charge is 2.28. The van der Waals surface area contributed by atoms with Crippen molar-refractivity contribution in [2.45, 2.75) is 12.5 Å². The van der Waals surface area contributed by atoms with Crippen molar-refractivity contribution in [1.29, 1.82) is 0 Å². The third kappa shape index (κ3) is 4.11. The minimum atomic E-state index is -0.849. The van der Waals surface area contributed by atoms with Gasteiger partial charge in [0.2, 0.25) is 0 Å². The number of benzene rings is 2. The Balaban J connectivity index is 2.25. The van der Waals surface area contributed by atoms with Crippen LogP contribution in [-0.4, -0.2) is 15.3 Å². The van der Waals surface area contributed by atoms with Crippen molar-refractivity contribution in [2.24, 2.45) is 5.92 Å². The molecule has 0 saturated heterocycles. The minimum Gasteiger partial charge on any atom is -0.388 e. The molecule has 2 nitrogen and oxygen atoms in total. The molecule has 0 unspecified atom stereocenters. The predicted molar refractivity (Wildman–Crippen MR) is 89.1 cm³/mol. The van der Waals surface area contributed by atoms with E-state index in [0.29, 0.717) is 12.0 Å². The molecule has 0 amide bonds. The number of aliphatic hydroxyl groups excluding tert-OH is 1. The molecule has 0 aliphatic heterocycles. The van der Waals surface area contributed by atoms with Gasteiger partial charge in [0, 0.05) is 9.99 Å². The molecule has 110 valence electrons. The van der Waals surface area contributed by atoms with Gasteiger partial charge >= 0.3 is 0 Å². The van der Waals surface area contributed by atoms with E-state index >= 15 is 0 Å². The Bertz CT molecular complexity index is 583. The Hall–Kier alpha value is -1.27. The average molecular weight is 398 g/mol. The van der Waals surface area contributed by atoms with E-state index in [1.165, 1.54) is 24.3 Å². The van der Waals surface area contributed by atoms with Crippen LogP contribution in [0.4, 0.5) is 4.39 Å². The molecule has 0 aliphatic rings. The van der Waals surface area contributed by atoms with Gasteiger partial charge in [-0.3, -0.25) is 4.79 Å². The second-order valence-electron chi connectivity index (χ2n) is 4.81. The fraction of sp³-hybridized carbons (Fsp3) is 0.235. The normalized spacial score (nSPS) is 13.7. The lowest BCUT2D eigenvalue weighted by atomic mass is 9.87. The summed E-state index contributed by atoms with van der Waals surface area (Å²) in [6.45, 7) is 0. The summed E-state index contributed by atoms with van der Waals surface area (Å²) >= 11 is 2.19. The van der Waals surface area contributed by atoms with Crippen molar-refractivity contribution >= 4 is 28.4 Å². The molecule has 2 aromatic carbocycles. The highest BCUT2D eigenvalue weighted by atomic mass is 127. The van der Waals surface area contributed by atoms with E-state index in [-0.39, 0.29) is 11.6 Å². The number of alkyl halides is 1. The zero-order chi connectivity index (χ0) is 15.2. The molecular formula is C17H16FIO2. The lowest BCUT2D eigenvalue weighted by Gasteiger charge is -2.21. The van der Waals surface area contributed by atoms with Gasteiger partial charge in [0.25, 0.3) is 0 Å². The molecule has 0 radical (unpaired) electrons. The number of carbonyl (C=O) groups excluding carboxylic acids is 1. The third-order valence-electron chi connectivity index (χ3n) is 3.41. The molecule has 0 aliphatic carbocycles. The van der Waals surface area contributed by atoms with Crippen LogP contribution in [0.3, 0.4) is 0 Å². The highest BCUT2D eigenvalue weighted by molar-refractivity contribution is 14.1. The molecular weight excluding hydrogens is 382 g/mol. The van der Waals surface area contributed by atoms with Crippen LogP contribution >= 0.6 is 22.6 Å². The van der Waals surface area contributed by atoms with Gasteiger partial charge < -0.3 is 5.11 Å². The molecule has 0 heterocycles. The number of Topliss-reactive ketones (excluding diaryl/α,β-unsaturated/α-hetero) is 1. The number of halogens is 2. The number of aliphatic hydroxyl groups is 1. The fourth-order valence-electron chi connectivity index (χ4n) is 2.26. The quantitative estimate of drug-likeness (QED) is 0.450. The number of hydrogen-bond acceptors (Lipinski definition) is 2. The lowest BCUT2D eigenvalue weighted by molar-refractivity contribution is 0.0671. The molecule has 21 heavy (non-hydrogen) atoms. The minimum absolute atomic E-state index is 0.150. The first-order chi connectivity index (χ1) is 10.1. The van der Waals surface area contributed by atoms with Gasteiger partial charge in [0.05, 0.1) is 12.0 Å². The van der Waals surface area contributed by atoms with Crippen LogP contribution in [0.25, 0.3) is 0 Å². The molecule has 4 heteroatoms. The fourth-order valence-corrected chi connectivity index (χ4v) is 2.93. The van der Waals surface area contributed by atoms with Crippen molar-refractivity contribution in [3.8, 4) is 0 Å². The summed E-state index contributed by atoms with van der Waals surface area (Å²) in [4.78, 5) is 12.6. The van der Waals surface area contributed by atoms with E-state index in [9.17, 15) is 14.3 Å². The van der Waals surface area contributed by atoms with Crippen LogP contribution in [0.15, 0.2) is 54.6 Å². The number of carbonyl (C=O) groups is 1. The van der Waals surface area contributed by atoms with Gasteiger partial charge in [0.1, 0.15) is 5.82 Å². The largest absolute Gasteiger partial charge is 0.388 e. The van der Waals surface area contributed by atoms with E-state index in [1.54, 1.807) is 0 Å². The van der Waals surface area contributed by atoms with Gasteiger partial charge in [-0.05, 0) is 36.2 Å². The molecule has 0 spiro atoms. The zero-order valence-electron chi connectivity index (χ0n) is 11.4. The Morgan fingerprint density at radius 2 is 1.71 bits per heavy atom. The second kappa shape index (κ2) is 7.66. The Morgan fingerprint density at radius 1 is 1.10 bits per heavy atom. The van der Waals surface area contributed by atoms with E-state index in [1.807, 2.05) is 30.3 Å². The third-order valence-corrected chi connectivity index (χ3v) is 4.03. The summed E-state index contributed by atoms with van der Waals surface area (Å²) in [5.74, 6) is -1.04. The first kappa shape index (κ1) is 16.1. The molecule has 0 saturated carbocycles. The van der Waals surface area contributed by atoms with Crippen LogP contribution in [0.5, 0.6) is 0 Å². The predicted octanol–water partition coefficient (Wildman–Crippen LogP) is 4.18. The van der Waals surface area contributed by atoms with Crippen molar-refractivity contribution in [1.82, 2.24) is 0 Å². The molecule has 2 aromatic rings. The molecule has 2 atom stereocenters. The van der Waals surface area contributed by atoms with E-state index in [2.05, 4.69) is 22.6 Å². The summed E-state index contributed by atoms with van der Waals surface area (Å²) in [7, 11) is 0. The number of hydrogen-bond donors (Lipinski definition) is 1. The van der Waals surface area contributed by atoms with Crippen molar-refractivity contribution in [3.63, 3.8) is 0 Å². The second-order valence-corrected chi connectivity index (χ2v) is 5.89. The summed E-state index contributed by atoms with van der Waals surface area (Å²) in [6.07, 6.45) is -0.272. The number of ketones is 1. The monoisotopic (exact) mass is 398 g/mol. The van der Waals surface area contributed by atoms with Crippen molar-refractivity contribution in [2.75, 3.05) is 4.43 Å². The molecule has 0 fully saturated rings. The lowest BCUT2D eigenvalue weighted by Crippen LogP contribution is -2.23. The Morgan fingerprint density at radius 3 is 2.29 bits per heavy atom.